The lowest BCUT2D eigenvalue weighted by molar-refractivity contribution is 0.605. The van der Waals surface area contributed by atoms with Crippen molar-refractivity contribution in [3.05, 3.63) is 81.4 Å². The van der Waals surface area contributed by atoms with Crippen molar-refractivity contribution in [3.8, 4) is 10.7 Å². The van der Waals surface area contributed by atoms with Crippen molar-refractivity contribution in [2.45, 2.75) is 11.8 Å². The molecule has 1 atom stereocenters. The van der Waals surface area contributed by atoms with Gasteiger partial charge < -0.3 is 0 Å². The molecule has 0 fully saturated rings. The van der Waals surface area contributed by atoms with Gasteiger partial charge in [-0.3, -0.25) is 5.10 Å². The van der Waals surface area contributed by atoms with E-state index >= 15 is 0 Å². The van der Waals surface area contributed by atoms with Crippen LogP contribution < -0.4 is 0 Å². The molecule has 1 unspecified atom stereocenters. The second kappa shape index (κ2) is 5.75. The molecule has 0 saturated heterocycles. The first-order valence-corrected chi connectivity index (χ1v) is 9.80. The number of benzene rings is 1. The van der Waals surface area contributed by atoms with Crippen molar-refractivity contribution in [3.63, 3.8) is 0 Å². The Kier molecular flexibility index (Phi) is 3.39. The number of aromatic amines is 1. The molecule has 4 aromatic rings. The summed E-state index contributed by atoms with van der Waals surface area (Å²) in [5, 5.41) is 12.8. The first kappa shape index (κ1) is 14.7. The van der Waals surface area contributed by atoms with Crippen LogP contribution in [-0.2, 0) is 11.8 Å². The summed E-state index contributed by atoms with van der Waals surface area (Å²) in [6.45, 7) is 0. The van der Waals surface area contributed by atoms with Gasteiger partial charge >= 0.3 is 0 Å². The van der Waals surface area contributed by atoms with Gasteiger partial charge in [-0.15, -0.1) is 22.7 Å². The van der Waals surface area contributed by atoms with Crippen molar-refractivity contribution in [2.75, 3.05) is 0 Å². The fraction of sp³-hybridized carbons (Fsp3) is 0.105. The second-order valence-corrected chi connectivity index (χ2v) is 7.64. The van der Waals surface area contributed by atoms with Gasteiger partial charge in [0.15, 0.2) is 0 Å². The van der Waals surface area contributed by atoms with E-state index < -0.39 is 0 Å². The summed E-state index contributed by atoms with van der Waals surface area (Å²) >= 11 is 3.24. The molecule has 1 aromatic carbocycles. The van der Waals surface area contributed by atoms with Crippen LogP contribution in [0.3, 0.4) is 0 Å². The van der Waals surface area contributed by atoms with Crippen molar-refractivity contribution >= 4 is 28.7 Å². The molecule has 0 spiro atoms. The van der Waals surface area contributed by atoms with Gasteiger partial charge in [-0.1, -0.05) is 42.5 Å². The predicted octanol–water partition coefficient (Wildman–Crippen LogP) is 4.55. The Morgan fingerprint density at radius 3 is 2.80 bits per heavy atom. The Balaban J connectivity index is 1.66. The third-order valence-corrected chi connectivity index (χ3v) is 6.05. The lowest BCUT2D eigenvalue weighted by Gasteiger charge is -2.32. The van der Waals surface area contributed by atoms with Crippen LogP contribution in [-0.4, -0.2) is 20.2 Å². The Bertz CT molecular complexity index is 1020. The van der Waals surface area contributed by atoms with E-state index in [1.165, 1.54) is 5.56 Å². The Hall–Kier alpha value is -2.57. The number of fused-ring (bicyclic) bond motifs is 1. The maximum atomic E-state index is 4.64. The summed E-state index contributed by atoms with van der Waals surface area (Å²) in [6, 6.07) is 10.6. The second-order valence-electron chi connectivity index (χ2n) is 6.02. The van der Waals surface area contributed by atoms with Crippen molar-refractivity contribution in [2.24, 2.45) is 0 Å². The third-order valence-electron chi connectivity index (χ3n) is 4.69. The van der Waals surface area contributed by atoms with E-state index in [1.807, 2.05) is 23.2 Å². The summed E-state index contributed by atoms with van der Waals surface area (Å²) in [5.41, 5.74) is 7.16. The van der Waals surface area contributed by atoms with Crippen molar-refractivity contribution < 1.29 is 0 Å². The van der Waals surface area contributed by atoms with E-state index in [0.717, 1.165) is 34.1 Å². The molecule has 0 aliphatic heterocycles. The third kappa shape index (κ3) is 2.29. The number of H-pyrrole nitrogens is 1. The zero-order valence-electron chi connectivity index (χ0n) is 13.2. The summed E-state index contributed by atoms with van der Waals surface area (Å²) in [5.74, 6) is 0. The fourth-order valence-electron chi connectivity index (χ4n) is 3.46. The van der Waals surface area contributed by atoms with Crippen LogP contribution in [0, 0.1) is 0 Å². The van der Waals surface area contributed by atoms with Gasteiger partial charge in [-0.05, 0) is 5.56 Å². The number of hydrogen-bond acceptors (Lipinski definition) is 5. The number of allylic oxidation sites excluding steroid dienone is 1. The topological polar surface area (TPSA) is 54.5 Å². The van der Waals surface area contributed by atoms with Crippen LogP contribution >= 0.6 is 22.7 Å². The standard InChI is InChI=1S/C19H14N4S2/c1-2-4-13(5-3-1)19(16-11-24-12-21-16)7-6-14-15(10-19)22-23-17(14)18-20-8-9-25-18/h1-9,11-12H,10H2,(H,22,23). The summed E-state index contributed by atoms with van der Waals surface area (Å²) in [6.07, 6.45) is 7.07. The van der Waals surface area contributed by atoms with E-state index in [9.17, 15) is 0 Å². The molecule has 0 amide bonds. The minimum Gasteiger partial charge on any atom is -0.281 e. The van der Waals surface area contributed by atoms with E-state index in [0.29, 0.717) is 0 Å². The van der Waals surface area contributed by atoms with Gasteiger partial charge in [-0.2, -0.15) is 5.10 Å². The van der Waals surface area contributed by atoms with Crippen LogP contribution in [0.1, 0.15) is 22.5 Å². The van der Waals surface area contributed by atoms with Crippen LogP contribution in [0.2, 0.25) is 0 Å². The molecule has 3 heterocycles. The van der Waals surface area contributed by atoms with Crippen LogP contribution in [0.15, 0.2) is 58.9 Å². The van der Waals surface area contributed by atoms with Crippen LogP contribution in [0.25, 0.3) is 16.8 Å². The quantitative estimate of drug-likeness (QED) is 0.582. The number of hydrogen-bond donors (Lipinski definition) is 1. The molecule has 1 N–H and O–H groups in total. The highest BCUT2D eigenvalue weighted by atomic mass is 32.1. The molecule has 4 nitrogen and oxygen atoms in total. The Morgan fingerprint density at radius 1 is 1.12 bits per heavy atom. The Labute approximate surface area is 152 Å². The normalized spacial score (nSPS) is 19.0. The minimum atomic E-state index is -0.263. The largest absolute Gasteiger partial charge is 0.281 e. The molecule has 3 aromatic heterocycles. The van der Waals surface area contributed by atoms with Crippen molar-refractivity contribution in [1.29, 1.82) is 0 Å². The molecule has 0 bridgehead atoms. The molecular weight excluding hydrogens is 348 g/mol. The van der Waals surface area contributed by atoms with E-state index in [1.54, 1.807) is 22.7 Å². The molecule has 1 aliphatic carbocycles. The lowest BCUT2D eigenvalue weighted by atomic mass is 9.71. The van der Waals surface area contributed by atoms with Crippen LogP contribution in [0.5, 0.6) is 0 Å². The highest BCUT2D eigenvalue weighted by Gasteiger charge is 2.38. The van der Waals surface area contributed by atoms with Gasteiger partial charge in [0.25, 0.3) is 0 Å². The summed E-state index contributed by atoms with van der Waals surface area (Å²) in [4.78, 5) is 9.04. The van der Waals surface area contributed by atoms with Gasteiger partial charge in [0.2, 0.25) is 0 Å². The van der Waals surface area contributed by atoms with Gasteiger partial charge in [-0.25, -0.2) is 9.97 Å². The van der Waals surface area contributed by atoms with Crippen LogP contribution in [0.4, 0.5) is 0 Å². The zero-order valence-corrected chi connectivity index (χ0v) is 14.8. The molecule has 0 radical (unpaired) electrons. The zero-order chi connectivity index (χ0) is 16.7. The number of nitrogens with zero attached hydrogens (tertiary/aromatic N) is 3. The highest BCUT2D eigenvalue weighted by Crippen LogP contribution is 2.42. The number of thiazole rings is 2. The van der Waals surface area contributed by atoms with E-state index in [-0.39, 0.29) is 5.41 Å². The monoisotopic (exact) mass is 362 g/mol. The average molecular weight is 362 g/mol. The smallest absolute Gasteiger partial charge is 0.144 e. The molecule has 1 aliphatic rings. The van der Waals surface area contributed by atoms with Gasteiger partial charge in [0.1, 0.15) is 10.7 Å². The maximum absolute atomic E-state index is 4.64. The number of aromatic nitrogens is 4. The molecular formula is C19H14N4S2. The minimum absolute atomic E-state index is 0.263. The molecule has 6 heteroatoms. The Morgan fingerprint density at radius 2 is 2.04 bits per heavy atom. The first-order valence-electron chi connectivity index (χ1n) is 7.97. The molecule has 5 rings (SSSR count). The summed E-state index contributed by atoms with van der Waals surface area (Å²) in [7, 11) is 0. The van der Waals surface area contributed by atoms with E-state index in [2.05, 4.69) is 62.0 Å². The highest BCUT2D eigenvalue weighted by molar-refractivity contribution is 7.13. The average Bonchev–Trinajstić information content (AvgIpc) is 3.42. The van der Waals surface area contributed by atoms with Crippen molar-refractivity contribution in [1.82, 2.24) is 20.2 Å². The first-order chi connectivity index (χ1) is 12.4. The number of rotatable bonds is 3. The SMILES string of the molecule is C1=CC(c2ccccc2)(c2cscn2)Cc2[nH]nc(-c3nccs3)c21. The van der Waals surface area contributed by atoms with E-state index in [4.69, 9.17) is 0 Å². The molecule has 0 saturated carbocycles. The molecule has 25 heavy (non-hydrogen) atoms. The van der Waals surface area contributed by atoms with Gasteiger partial charge in [0.05, 0.1) is 16.6 Å². The lowest BCUT2D eigenvalue weighted by Crippen LogP contribution is -2.30. The number of nitrogens with one attached hydrogen (secondary N) is 1. The summed E-state index contributed by atoms with van der Waals surface area (Å²) < 4.78 is 0. The maximum Gasteiger partial charge on any atom is 0.144 e. The predicted molar refractivity (Wildman–Crippen MR) is 102 cm³/mol. The van der Waals surface area contributed by atoms with Gasteiger partial charge in [0, 0.05) is 34.6 Å². The molecule has 122 valence electrons. The fourth-order valence-corrected chi connectivity index (χ4v) is 4.73.